The van der Waals surface area contributed by atoms with E-state index in [4.69, 9.17) is 0 Å². The molecule has 2 aromatic rings. The molecule has 4 heteroatoms. The van der Waals surface area contributed by atoms with E-state index in [-0.39, 0.29) is 10.6 Å². The van der Waals surface area contributed by atoms with E-state index >= 15 is 0 Å². The van der Waals surface area contributed by atoms with Crippen LogP contribution in [0.4, 0.5) is 11.4 Å². The maximum absolute atomic E-state index is 10.9. The highest BCUT2D eigenvalue weighted by Gasteiger charge is 2.22. The molecule has 1 saturated carbocycles. The topological polar surface area (TPSA) is 55.2 Å². The van der Waals surface area contributed by atoms with Gasteiger partial charge in [-0.25, -0.2) is 0 Å². The lowest BCUT2D eigenvalue weighted by Gasteiger charge is -2.08. The fourth-order valence-electron chi connectivity index (χ4n) is 2.44. The van der Waals surface area contributed by atoms with Crippen molar-refractivity contribution in [2.75, 3.05) is 5.32 Å². The summed E-state index contributed by atoms with van der Waals surface area (Å²) in [6.07, 6.45) is 2.62. The number of anilines is 1. The van der Waals surface area contributed by atoms with Crippen molar-refractivity contribution in [3.8, 4) is 0 Å². The second kappa shape index (κ2) is 5.56. The summed E-state index contributed by atoms with van der Waals surface area (Å²) in [6.45, 7) is 2.42. The molecule has 108 valence electrons. The molecule has 0 unspecified atom stereocenters. The highest BCUT2D eigenvalue weighted by Crippen LogP contribution is 2.39. The molecule has 0 amide bonds. The summed E-state index contributed by atoms with van der Waals surface area (Å²) in [5, 5.41) is 14.2. The van der Waals surface area contributed by atoms with Gasteiger partial charge in [0, 0.05) is 23.9 Å². The molecule has 0 heterocycles. The van der Waals surface area contributed by atoms with Crippen LogP contribution in [0.5, 0.6) is 0 Å². The normalized spacial score (nSPS) is 14.0. The summed E-state index contributed by atoms with van der Waals surface area (Å²) >= 11 is 0. The first kappa shape index (κ1) is 13.6. The molecule has 0 radical (unpaired) electrons. The number of nitrogens with one attached hydrogen (secondary N) is 1. The molecular formula is C17H18N2O2. The van der Waals surface area contributed by atoms with Crippen molar-refractivity contribution in [1.29, 1.82) is 0 Å². The molecular weight excluding hydrogens is 264 g/mol. The van der Waals surface area contributed by atoms with E-state index in [0.29, 0.717) is 12.1 Å². The van der Waals surface area contributed by atoms with Crippen LogP contribution in [-0.2, 0) is 6.54 Å². The predicted molar refractivity (Wildman–Crippen MR) is 83.6 cm³/mol. The van der Waals surface area contributed by atoms with Gasteiger partial charge >= 0.3 is 0 Å². The Labute approximate surface area is 124 Å². The number of benzene rings is 2. The van der Waals surface area contributed by atoms with Gasteiger partial charge < -0.3 is 5.32 Å². The monoisotopic (exact) mass is 282 g/mol. The highest BCUT2D eigenvalue weighted by molar-refractivity contribution is 5.55. The molecule has 0 aromatic heterocycles. The second-order valence-electron chi connectivity index (χ2n) is 5.63. The average Bonchev–Trinajstić information content (AvgIpc) is 3.31. The molecule has 1 aliphatic rings. The molecule has 21 heavy (non-hydrogen) atoms. The first-order valence-electron chi connectivity index (χ1n) is 7.21. The summed E-state index contributed by atoms with van der Waals surface area (Å²) < 4.78 is 0. The quantitative estimate of drug-likeness (QED) is 0.653. The van der Waals surface area contributed by atoms with E-state index in [2.05, 4.69) is 29.6 Å². The van der Waals surface area contributed by atoms with E-state index in [1.165, 1.54) is 24.0 Å². The van der Waals surface area contributed by atoms with E-state index in [9.17, 15) is 10.1 Å². The van der Waals surface area contributed by atoms with Gasteiger partial charge in [-0.05, 0) is 42.9 Å². The number of nitro groups is 1. The molecule has 0 aliphatic heterocycles. The van der Waals surface area contributed by atoms with Crippen molar-refractivity contribution in [3.05, 3.63) is 69.3 Å². The Hall–Kier alpha value is -2.36. The minimum Gasteiger partial charge on any atom is -0.381 e. The molecule has 2 aromatic carbocycles. The van der Waals surface area contributed by atoms with Crippen LogP contribution in [-0.4, -0.2) is 4.92 Å². The van der Waals surface area contributed by atoms with Crippen LogP contribution in [0.25, 0.3) is 0 Å². The Bertz CT molecular complexity index is 661. The number of aryl methyl sites for hydroxylation is 1. The summed E-state index contributed by atoms with van der Waals surface area (Å²) in [5.41, 5.74) is 4.22. The van der Waals surface area contributed by atoms with Crippen molar-refractivity contribution in [1.82, 2.24) is 0 Å². The molecule has 0 bridgehead atoms. The van der Waals surface area contributed by atoms with Crippen LogP contribution in [0, 0.1) is 17.0 Å². The first-order chi connectivity index (χ1) is 10.1. The SMILES string of the molecule is Cc1ccc(NCc2ccc(C3CC3)cc2)cc1[N+](=O)[O-]. The van der Waals surface area contributed by atoms with Crippen molar-refractivity contribution in [2.24, 2.45) is 0 Å². The standard InChI is InChI=1S/C17H18N2O2/c1-12-2-9-16(10-17(12)19(20)21)18-11-13-3-5-14(6-4-13)15-7-8-15/h2-6,9-10,15,18H,7-8,11H2,1H3. The number of rotatable bonds is 5. The van der Waals surface area contributed by atoms with Gasteiger partial charge in [-0.2, -0.15) is 0 Å². The third-order valence-electron chi connectivity index (χ3n) is 3.93. The summed E-state index contributed by atoms with van der Waals surface area (Å²) in [7, 11) is 0. The third kappa shape index (κ3) is 3.21. The molecule has 1 fully saturated rings. The van der Waals surface area contributed by atoms with Crippen LogP contribution in [0.2, 0.25) is 0 Å². The third-order valence-corrected chi connectivity index (χ3v) is 3.93. The summed E-state index contributed by atoms with van der Waals surface area (Å²) in [4.78, 5) is 10.6. The Morgan fingerprint density at radius 3 is 2.52 bits per heavy atom. The van der Waals surface area contributed by atoms with Crippen molar-refractivity contribution >= 4 is 11.4 Å². The van der Waals surface area contributed by atoms with E-state index in [1.807, 2.05) is 6.07 Å². The summed E-state index contributed by atoms with van der Waals surface area (Å²) in [5.74, 6) is 0.770. The van der Waals surface area contributed by atoms with Gasteiger partial charge in [0.15, 0.2) is 0 Å². The maximum Gasteiger partial charge on any atom is 0.274 e. The first-order valence-corrected chi connectivity index (χ1v) is 7.21. The van der Waals surface area contributed by atoms with Crippen molar-refractivity contribution in [3.63, 3.8) is 0 Å². The van der Waals surface area contributed by atoms with E-state index in [0.717, 1.165) is 11.6 Å². The number of hydrogen-bond acceptors (Lipinski definition) is 3. The van der Waals surface area contributed by atoms with Crippen LogP contribution in [0.15, 0.2) is 42.5 Å². The number of nitro benzene ring substituents is 1. The molecule has 3 rings (SSSR count). The Kier molecular flexibility index (Phi) is 3.60. The lowest BCUT2D eigenvalue weighted by atomic mass is 10.1. The smallest absolute Gasteiger partial charge is 0.274 e. The van der Waals surface area contributed by atoms with Gasteiger partial charge in [-0.1, -0.05) is 30.3 Å². The number of hydrogen-bond donors (Lipinski definition) is 1. The fraction of sp³-hybridized carbons (Fsp3) is 0.294. The van der Waals surface area contributed by atoms with Crippen LogP contribution in [0.1, 0.15) is 35.4 Å². The van der Waals surface area contributed by atoms with E-state index in [1.54, 1.807) is 19.1 Å². The molecule has 4 nitrogen and oxygen atoms in total. The Balaban J connectivity index is 1.66. The average molecular weight is 282 g/mol. The minimum atomic E-state index is -0.342. The fourth-order valence-corrected chi connectivity index (χ4v) is 2.44. The van der Waals surface area contributed by atoms with Gasteiger partial charge in [-0.3, -0.25) is 10.1 Å². The lowest BCUT2D eigenvalue weighted by molar-refractivity contribution is -0.385. The zero-order valence-electron chi connectivity index (χ0n) is 12.0. The minimum absolute atomic E-state index is 0.157. The number of nitrogens with zero attached hydrogens (tertiary/aromatic N) is 1. The van der Waals surface area contributed by atoms with E-state index < -0.39 is 0 Å². The van der Waals surface area contributed by atoms with Gasteiger partial charge in [0.25, 0.3) is 5.69 Å². The predicted octanol–water partition coefficient (Wildman–Crippen LogP) is 4.39. The van der Waals surface area contributed by atoms with Gasteiger partial charge in [0.05, 0.1) is 4.92 Å². The van der Waals surface area contributed by atoms with Gasteiger partial charge in [0.2, 0.25) is 0 Å². The second-order valence-corrected chi connectivity index (χ2v) is 5.63. The van der Waals surface area contributed by atoms with Crippen LogP contribution >= 0.6 is 0 Å². The zero-order chi connectivity index (χ0) is 14.8. The van der Waals surface area contributed by atoms with Gasteiger partial charge in [0.1, 0.15) is 0 Å². The Morgan fingerprint density at radius 2 is 1.90 bits per heavy atom. The molecule has 1 N–H and O–H groups in total. The molecule has 0 saturated heterocycles. The lowest BCUT2D eigenvalue weighted by Crippen LogP contribution is -2.01. The van der Waals surface area contributed by atoms with Gasteiger partial charge in [-0.15, -0.1) is 0 Å². The van der Waals surface area contributed by atoms with Crippen molar-refractivity contribution < 1.29 is 4.92 Å². The molecule has 0 atom stereocenters. The molecule has 1 aliphatic carbocycles. The zero-order valence-corrected chi connectivity index (χ0v) is 12.0. The largest absolute Gasteiger partial charge is 0.381 e. The summed E-state index contributed by atoms with van der Waals surface area (Å²) in [6, 6.07) is 13.9. The highest BCUT2D eigenvalue weighted by atomic mass is 16.6. The van der Waals surface area contributed by atoms with Crippen LogP contribution in [0.3, 0.4) is 0 Å². The van der Waals surface area contributed by atoms with Crippen molar-refractivity contribution in [2.45, 2.75) is 32.2 Å². The maximum atomic E-state index is 10.9. The van der Waals surface area contributed by atoms with Crippen LogP contribution < -0.4 is 5.32 Å². The Morgan fingerprint density at radius 1 is 1.19 bits per heavy atom. The molecule has 0 spiro atoms.